The maximum absolute atomic E-state index is 3.55. The van der Waals surface area contributed by atoms with Gasteiger partial charge in [-0.25, -0.2) is 0 Å². The van der Waals surface area contributed by atoms with Gasteiger partial charge in [-0.15, -0.1) is 0 Å². The molecule has 4 heavy (non-hydrogen) atoms. The molecule has 0 aromatic carbocycles. The summed E-state index contributed by atoms with van der Waals surface area (Å²) in [4.78, 5) is 0. The second kappa shape index (κ2) is 8.85. The number of rotatable bonds is 0. The topological polar surface area (TPSA) is 0 Å². The van der Waals surface area contributed by atoms with Gasteiger partial charge < -0.3 is 0 Å². The average molecular weight is 162 g/mol. The van der Waals surface area contributed by atoms with Gasteiger partial charge in [0.05, 0.1) is 0 Å². The summed E-state index contributed by atoms with van der Waals surface area (Å²) < 4.78 is 0. The third-order valence-corrected chi connectivity index (χ3v) is 0. The zero-order valence-corrected chi connectivity index (χ0v) is 6.41. The number of hydrogen-bond donors (Lipinski definition) is 0. The molecule has 0 saturated heterocycles. The molecule has 1 radical (unpaired) electrons. The fourth-order valence-electron chi connectivity index (χ4n) is 0. The van der Waals surface area contributed by atoms with E-state index in [0.717, 1.165) is 5.68 Å². The van der Waals surface area contributed by atoms with E-state index in [4.69, 9.17) is 0 Å². The normalized spacial score (nSPS) is 4.25. The van der Waals surface area contributed by atoms with Gasteiger partial charge in [-0.2, -0.15) is 0 Å². The molecule has 0 spiro atoms. The first-order valence-corrected chi connectivity index (χ1v) is 3.15. The van der Waals surface area contributed by atoms with Gasteiger partial charge >= 0.3 is 31.6 Å². The van der Waals surface area contributed by atoms with Gasteiger partial charge in [0.15, 0.2) is 0 Å². The Hall–Kier alpha value is 1.32. The Morgan fingerprint density at radius 1 is 1.75 bits per heavy atom. The second-order valence-corrected chi connectivity index (χ2v) is 3.09. The molecule has 0 saturated carbocycles. The Balaban J connectivity index is 0. The first kappa shape index (κ1) is 9.01. The third-order valence-electron chi connectivity index (χ3n) is 0. The minimum atomic E-state index is 0. The van der Waals surface area contributed by atoms with E-state index in [1.165, 1.54) is 10.1 Å². The van der Waals surface area contributed by atoms with Crippen LogP contribution in [0.15, 0.2) is 0 Å². The van der Waals surface area contributed by atoms with Crippen LogP contribution in [0, 0.1) is 0 Å². The summed E-state index contributed by atoms with van der Waals surface area (Å²) in [6.07, 6.45) is 0. The predicted molar refractivity (Wildman–Crippen MR) is 17.1 cm³/mol. The van der Waals surface area contributed by atoms with Crippen molar-refractivity contribution in [1.82, 2.24) is 0 Å². The zero-order chi connectivity index (χ0) is 2.71. The van der Waals surface area contributed by atoms with Crippen LogP contribution < -0.4 is 0 Å². The van der Waals surface area contributed by atoms with Gasteiger partial charge in [-0.05, 0) is 0 Å². The quantitative estimate of drug-likeness (QED) is 0.367. The van der Waals surface area contributed by atoms with Crippen molar-refractivity contribution in [2.24, 2.45) is 0 Å². The molecule has 0 aliphatic heterocycles. The van der Waals surface area contributed by atoms with Gasteiger partial charge in [-0.3, -0.25) is 0 Å². The van der Waals surface area contributed by atoms with Crippen molar-refractivity contribution >= 4 is 15.8 Å². The number of hydrogen-bond acceptors (Lipinski definition) is 0. The molecular weight excluding hydrogens is 158 g/mol. The van der Waals surface area contributed by atoms with Crippen LogP contribution in [0.3, 0.4) is 0 Å². The zero-order valence-electron chi connectivity index (χ0n) is 2.36. The summed E-state index contributed by atoms with van der Waals surface area (Å²) in [7, 11) is 1.26. The van der Waals surface area contributed by atoms with Crippen LogP contribution in [0.2, 0.25) is 0 Å². The molecule has 0 unspecified atom stereocenters. The molecule has 0 aliphatic rings. The van der Waals surface area contributed by atoms with Crippen LogP contribution in [0.25, 0.3) is 0 Å². The van der Waals surface area contributed by atoms with Crippen LogP contribution in [0.4, 0.5) is 0 Å². The van der Waals surface area contributed by atoms with Crippen molar-refractivity contribution in [3.63, 3.8) is 0 Å². The molecule has 0 amide bonds. The van der Waals surface area contributed by atoms with Gasteiger partial charge in [0.2, 0.25) is 0 Å². The SMILES string of the molecule is [Cu].[SiH3][BH][Fe]. The first-order chi connectivity index (χ1) is 1.41. The van der Waals surface area contributed by atoms with Gasteiger partial charge in [0, 0.05) is 17.1 Å². The Morgan fingerprint density at radius 2 is 1.75 bits per heavy atom. The molecule has 0 aliphatic carbocycles. The van der Waals surface area contributed by atoms with Crippen molar-refractivity contribution in [2.75, 3.05) is 0 Å². The standard InChI is InChI=1S/BH4Si.Cu.Fe/c1-2;;/h1H,2H3;;/q+1;;-1. The van der Waals surface area contributed by atoms with E-state index in [1.807, 2.05) is 0 Å². The van der Waals surface area contributed by atoms with E-state index in [-0.39, 0.29) is 17.1 Å². The van der Waals surface area contributed by atoms with E-state index in [0.29, 0.717) is 0 Å². The molecule has 0 aromatic heterocycles. The van der Waals surface area contributed by atoms with Crippen LogP contribution in [-0.4, -0.2) is 15.8 Å². The van der Waals surface area contributed by atoms with E-state index in [9.17, 15) is 0 Å². The minimum absolute atomic E-state index is 0. The maximum atomic E-state index is 3.55. The van der Waals surface area contributed by atoms with Crippen molar-refractivity contribution in [3.05, 3.63) is 0 Å². The molecule has 0 aromatic rings. The first-order valence-electron chi connectivity index (χ1n) is 0.957. The molecule has 0 nitrogen and oxygen atoms in total. The fourth-order valence-corrected chi connectivity index (χ4v) is 0. The molecule has 0 atom stereocenters. The van der Waals surface area contributed by atoms with Crippen molar-refractivity contribution in [3.8, 4) is 0 Å². The predicted octanol–water partition coefficient (Wildman–Crippen LogP) is -1.84. The molecule has 0 heterocycles. The van der Waals surface area contributed by atoms with Crippen molar-refractivity contribution in [2.45, 2.75) is 0 Å². The van der Waals surface area contributed by atoms with Gasteiger partial charge in [0.25, 0.3) is 0 Å². The fraction of sp³-hybridized carbons (Fsp3) is 0. The Bertz CT molecular complexity index is 8.00. The van der Waals surface area contributed by atoms with Crippen LogP contribution in [-0.2, 0) is 32.9 Å². The van der Waals surface area contributed by atoms with Crippen molar-refractivity contribution in [1.29, 1.82) is 0 Å². The van der Waals surface area contributed by atoms with Gasteiger partial charge in [-0.1, -0.05) is 0 Å². The van der Waals surface area contributed by atoms with Crippen LogP contribution in [0.1, 0.15) is 0 Å². The van der Waals surface area contributed by atoms with Crippen LogP contribution in [0.5, 0.6) is 0 Å². The third kappa shape index (κ3) is 10.3. The summed E-state index contributed by atoms with van der Waals surface area (Å²) in [6, 6.07) is 0. The second-order valence-electron chi connectivity index (χ2n) is 0.250. The van der Waals surface area contributed by atoms with Crippen LogP contribution >= 0.6 is 0 Å². The van der Waals surface area contributed by atoms with E-state index < -0.39 is 0 Å². The van der Waals surface area contributed by atoms with E-state index in [2.05, 4.69) is 15.8 Å². The molecular formula is H4BCuFeSi. The molecule has 0 rings (SSSR count). The average Bonchev–Trinajstić information content (AvgIpc) is 0.918. The monoisotopic (exact) mass is 162 g/mol. The Kier molecular flexibility index (Phi) is 19.9. The summed E-state index contributed by atoms with van der Waals surface area (Å²) in [5.74, 6) is 0. The van der Waals surface area contributed by atoms with E-state index >= 15 is 0 Å². The van der Waals surface area contributed by atoms with E-state index in [1.54, 1.807) is 0 Å². The van der Waals surface area contributed by atoms with Gasteiger partial charge in [0.1, 0.15) is 0 Å². The molecule has 0 bridgehead atoms. The molecule has 0 fully saturated rings. The van der Waals surface area contributed by atoms with Crippen molar-refractivity contribution < 1.29 is 32.9 Å². The Labute approximate surface area is 48.8 Å². The Morgan fingerprint density at radius 3 is 1.75 bits per heavy atom. The summed E-state index contributed by atoms with van der Waals surface area (Å²) in [6.45, 7) is 0. The summed E-state index contributed by atoms with van der Waals surface area (Å²) in [5.41, 5.74) is 1.14. The molecule has 30 valence electrons. The summed E-state index contributed by atoms with van der Waals surface area (Å²) >= 11 is 3.55. The molecule has 4 heteroatoms. The summed E-state index contributed by atoms with van der Waals surface area (Å²) in [5, 5.41) is 0. The molecule has 0 N–H and O–H groups in total.